The van der Waals surface area contributed by atoms with Crippen LogP contribution in [-0.4, -0.2) is 28.0 Å². The molecule has 0 radical (unpaired) electrons. The fraction of sp³-hybridized carbons (Fsp3) is 0.400. The highest BCUT2D eigenvalue weighted by molar-refractivity contribution is 7.18. The molecule has 0 spiro atoms. The van der Waals surface area contributed by atoms with Gasteiger partial charge in [0, 0.05) is 17.1 Å². The Kier molecular flexibility index (Phi) is 4.89. The third-order valence-electron chi connectivity index (χ3n) is 5.03. The van der Waals surface area contributed by atoms with E-state index in [1.54, 1.807) is 30.4 Å². The number of aromatic nitrogens is 3. The number of rotatable bonds is 4. The quantitative estimate of drug-likeness (QED) is 0.676. The predicted octanol–water partition coefficient (Wildman–Crippen LogP) is 3.43. The summed E-state index contributed by atoms with van der Waals surface area (Å²) in [7, 11) is 1.50. The normalized spacial score (nSPS) is 17.2. The third kappa shape index (κ3) is 3.40. The topological polar surface area (TPSA) is 94.2 Å². The molecule has 1 aliphatic carbocycles. The van der Waals surface area contributed by atoms with E-state index in [2.05, 4.69) is 21.9 Å². The van der Waals surface area contributed by atoms with E-state index in [9.17, 15) is 9.59 Å². The van der Waals surface area contributed by atoms with Gasteiger partial charge in [-0.1, -0.05) is 6.92 Å². The maximum Gasteiger partial charge on any atom is 0.340 e. The van der Waals surface area contributed by atoms with Gasteiger partial charge in [-0.2, -0.15) is 0 Å². The first-order valence-corrected chi connectivity index (χ1v) is 10.0. The minimum Gasteiger partial charge on any atom is -0.481 e. The van der Waals surface area contributed by atoms with E-state index in [1.807, 2.05) is 0 Å². The highest BCUT2D eigenvalue weighted by Gasteiger charge is 2.24. The smallest absolute Gasteiger partial charge is 0.340 e. The fourth-order valence-electron chi connectivity index (χ4n) is 3.46. The van der Waals surface area contributed by atoms with Crippen molar-refractivity contribution in [1.82, 2.24) is 15.0 Å². The molecular weight excluding hydrogens is 378 g/mol. The maximum absolute atomic E-state index is 12.7. The van der Waals surface area contributed by atoms with Gasteiger partial charge in [0.2, 0.25) is 5.88 Å². The van der Waals surface area contributed by atoms with Crippen LogP contribution < -0.4 is 10.3 Å². The molecule has 0 saturated carbocycles. The zero-order valence-electron chi connectivity index (χ0n) is 15.9. The lowest BCUT2D eigenvalue weighted by atomic mass is 9.89. The second-order valence-electron chi connectivity index (χ2n) is 7.12. The zero-order valence-corrected chi connectivity index (χ0v) is 16.8. The average Bonchev–Trinajstić information content (AvgIpc) is 3.05. The Morgan fingerprint density at radius 1 is 1.39 bits per heavy atom. The molecule has 1 N–H and O–H groups in total. The minimum atomic E-state index is -0.690. The highest BCUT2D eigenvalue weighted by atomic mass is 32.1. The first-order valence-electron chi connectivity index (χ1n) is 9.21. The van der Waals surface area contributed by atoms with Crippen molar-refractivity contribution in [2.75, 3.05) is 7.11 Å². The molecule has 2 atom stereocenters. The van der Waals surface area contributed by atoms with Crippen LogP contribution >= 0.6 is 11.3 Å². The molecular formula is C20H21N3O4S. The molecule has 0 bridgehead atoms. The maximum atomic E-state index is 12.7. The van der Waals surface area contributed by atoms with Gasteiger partial charge in [0.25, 0.3) is 5.56 Å². The number of thiophene rings is 1. The van der Waals surface area contributed by atoms with E-state index in [4.69, 9.17) is 9.47 Å². The Labute approximate surface area is 165 Å². The first kappa shape index (κ1) is 18.6. The number of nitrogens with one attached hydrogen (secondary N) is 1. The number of aryl methyl sites for hydroxylation is 1. The highest BCUT2D eigenvalue weighted by Crippen LogP contribution is 2.36. The second kappa shape index (κ2) is 7.35. The fourth-order valence-corrected chi connectivity index (χ4v) is 4.85. The Morgan fingerprint density at radius 2 is 2.21 bits per heavy atom. The molecule has 4 rings (SSSR count). The standard InChI is InChI=1S/C20H21N3O4S/c1-10-4-6-13-14(8-10)28-19-16(13)18(24)22-17(23-19)11(2)27-20(25)12-5-7-15(26-3)21-9-12/h5,7,9-11H,4,6,8H2,1-3H3,(H,22,23,24)/t10-,11-/m0/s1. The van der Waals surface area contributed by atoms with Gasteiger partial charge >= 0.3 is 5.97 Å². The molecule has 3 aromatic heterocycles. The van der Waals surface area contributed by atoms with Crippen molar-refractivity contribution < 1.29 is 14.3 Å². The van der Waals surface area contributed by atoms with E-state index in [-0.39, 0.29) is 5.56 Å². The predicted molar refractivity (Wildman–Crippen MR) is 106 cm³/mol. The number of esters is 1. The average molecular weight is 399 g/mol. The van der Waals surface area contributed by atoms with Crippen molar-refractivity contribution >= 4 is 27.5 Å². The number of carbonyl (C=O) groups excluding carboxylic acids is 1. The van der Waals surface area contributed by atoms with Crippen LogP contribution in [0.15, 0.2) is 23.1 Å². The van der Waals surface area contributed by atoms with Crippen LogP contribution in [0, 0.1) is 5.92 Å². The second-order valence-corrected chi connectivity index (χ2v) is 8.20. The van der Waals surface area contributed by atoms with Crippen molar-refractivity contribution in [3.63, 3.8) is 0 Å². The van der Waals surface area contributed by atoms with Crippen LogP contribution in [0.4, 0.5) is 0 Å². The van der Waals surface area contributed by atoms with E-state index in [1.165, 1.54) is 18.2 Å². The van der Waals surface area contributed by atoms with Gasteiger partial charge in [0.15, 0.2) is 11.9 Å². The summed E-state index contributed by atoms with van der Waals surface area (Å²) in [6.07, 6.45) is 3.69. The molecule has 1 aliphatic rings. The van der Waals surface area contributed by atoms with E-state index >= 15 is 0 Å². The first-order chi connectivity index (χ1) is 13.5. The summed E-state index contributed by atoms with van der Waals surface area (Å²) < 4.78 is 10.5. The SMILES string of the molecule is COc1ccc(C(=O)O[C@@H](C)c2nc3sc4c(c3c(=O)[nH]2)CC[C@H](C)C4)cn1. The summed E-state index contributed by atoms with van der Waals surface area (Å²) in [5.41, 5.74) is 1.27. The summed E-state index contributed by atoms with van der Waals surface area (Å²) in [6, 6.07) is 3.17. The van der Waals surface area contributed by atoms with Crippen LogP contribution in [0.3, 0.4) is 0 Å². The summed E-state index contributed by atoms with van der Waals surface area (Å²) in [5, 5.41) is 0.688. The monoisotopic (exact) mass is 399 g/mol. The summed E-state index contributed by atoms with van der Waals surface area (Å²) in [4.78, 5) is 38.4. The number of methoxy groups -OCH3 is 1. The Bertz CT molecular complexity index is 1090. The number of H-pyrrole nitrogens is 1. The van der Waals surface area contributed by atoms with Gasteiger partial charge in [-0.25, -0.2) is 14.8 Å². The van der Waals surface area contributed by atoms with Crippen LogP contribution in [0.25, 0.3) is 10.2 Å². The van der Waals surface area contributed by atoms with E-state index in [0.29, 0.717) is 33.4 Å². The van der Waals surface area contributed by atoms with Crippen molar-refractivity contribution in [2.45, 2.75) is 39.2 Å². The van der Waals surface area contributed by atoms with Crippen molar-refractivity contribution in [3.05, 3.63) is 50.5 Å². The number of carbonyl (C=O) groups is 1. The largest absolute Gasteiger partial charge is 0.481 e. The van der Waals surface area contributed by atoms with E-state index < -0.39 is 12.1 Å². The van der Waals surface area contributed by atoms with Gasteiger partial charge in [0.1, 0.15) is 4.83 Å². The minimum absolute atomic E-state index is 0.166. The molecule has 0 aliphatic heterocycles. The summed E-state index contributed by atoms with van der Waals surface area (Å²) in [5.74, 6) is 0.845. The molecule has 3 aromatic rings. The lowest BCUT2D eigenvalue weighted by molar-refractivity contribution is 0.0319. The lowest BCUT2D eigenvalue weighted by Gasteiger charge is -2.17. The molecule has 3 heterocycles. The summed E-state index contributed by atoms with van der Waals surface area (Å²) in [6.45, 7) is 3.92. The molecule has 0 aromatic carbocycles. The molecule has 146 valence electrons. The molecule has 0 saturated heterocycles. The Balaban J connectivity index is 1.59. The van der Waals surface area contributed by atoms with Crippen molar-refractivity contribution in [1.29, 1.82) is 0 Å². The van der Waals surface area contributed by atoms with Crippen molar-refractivity contribution in [3.8, 4) is 5.88 Å². The number of fused-ring (bicyclic) bond motifs is 3. The molecule has 8 heteroatoms. The lowest BCUT2D eigenvalue weighted by Crippen LogP contribution is -2.18. The zero-order chi connectivity index (χ0) is 19.8. The number of pyridine rings is 1. The van der Waals surface area contributed by atoms with Crippen LogP contribution in [0.5, 0.6) is 5.88 Å². The molecule has 0 amide bonds. The molecule has 0 fully saturated rings. The summed E-state index contributed by atoms with van der Waals surface area (Å²) >= 11 is 1.57. The van der Waals surface area contributed by atoms with E-state index in [0.717, 1.165) is 24.8 Å². The van der Waals surface area contributed by atoms with Gasteiger partial charge in [-0.15, -0.1) is 11.3 Å². The molecule has 28 heavy (non-hydrogen) atoms. The molecule has 0 unspecified atom stereocenters. The van der Waals surface area contributed by atoms with Crippen LogP contribution in [-0.2, 0) is 17.6 Å². The Morgan fingerprint density at radius 3 is 2.93 bits per heavy atom. The van der Waals surface area contributed by atoms with Gasteiger partial charge in [-0.3, -0.25) is 4.79 Å². The number of aromatic amines is 1. The Hall–Kier alpha value is -2.74. The number of nitrogens with zero attached hydrogens (tertiary/aromatic N) is 2. The van der Waals surface area contributed by atoms with Gasteiger partial charge in [0.05, 0.1) is 18.1 Å². The number of hydrogen-bond donors (Lipinski definition) is 1. The molecule has 7 nitrogen and oxygen atoms in total. The van der Waals surface area contributed by atoms with Gasteiger partial charge < -0.3 is 14.5 Å². The van der Waals surface area contributed by atoms with Crippen LogP contribution in [0.2, 0.25) is 0 Å². The number of hydrogen-bond acceptors (Lipinski definition) is 7. The number of ether oxygens (including phenoxy) is 2. The van der Waals surface area contributed by atoms with Gasteiger partial charge in [-0.05, 0) is 43.7 Å². The third-order valence-corrected chi connectivity index (χ3v) is 6.18. The van der Waals surface area contributed by atoms with Crippen molar-refractivity contribution in [2.24, 2.45) is 5.92 Å². The van der Waals surface area contributed by atoms with Crippen LogP contribution in [0.1, 0.15) is 53.0 Å².